The fraction of sp³-hybridized carbons (Fsp3) is 0.467. The summed E-state index contributed by atoms with van der Waals surface area (Å²) in [6.45, 7) is 1.50. The summed E-state index contributed by atoms with van der Waals surface area (Å²) in [5, 5.41) is 8.98. The summed E-state index contributed by atoms with van der Waals surface area (Å²) in [6, 6.07) is 5.70. The lowest BCUT2D eigenvalue weighted by Gasteiger charge is -2.20. The quantitative estimate of drug-likeness (QED) is 0.900. The molecule has 1 N–H and O–H groups in total. The van der Waals surface area contributed by atoms with Crippen molar-refractivity contribution < 1.29 is 19.1 Å². The first-order valence-electron chi connectivity index (χ1n) is 6.81. The van der Waals surface area contributed by atoms with Gasteiger partial charge in [-0.2, -0.15) is 0 Å². The molecule has 1 amide bonds. The van der Waals surface area contributed by atoms with E-state index in [9.17, 15) is 14.0 Å². The molecule has 1 atom stereocenters. The largest absolute Gasteiger partial charge is 0.481 e. The molecule has 0 saturated carbocycles. The topological polar surface area (TPSA) is 57.6 Å². The van der Waals surface area contributed by atoms with Gasteiger partial charge in [0, 0.05) is 25.4 Å². The lowest BCUT2D eigenvalue weighted by atomic mass is 9.92. The average molecular weight is 279 g/mol. The molecule has 1 heterocycles. The van der Waals surface area contributed by atoms with E-state index in [1.807, 2.05) is 0 Å². The van der Waals surface area contributed by atoms with Crippen LogP contribution in [0.4, 0.5) is 4.39 Å². The first kappa shape index (κ1) is 14.5. The number of carboxylic acid groups (broad SMARTS) is 1. The summed E-state index contributed by atoms with van der Waals surface area (Å²) in [5.74, 6) is -1.73. The van der Waals surface area contributed by atoms with Gasteiger partial charge >= 0.3 is 5.97 Å². The predicted molar refractivity (Wildman–Crippen MR) is 71.8 cm³/mol. The van der Waals surface area contributed by atoms with Gasteiger partial charge in [-0.3, -0.25) is 9.59 Å². The van der Waals surface area contributed by atoms with Gasteiger partial charge in [0.1, 0.15) is 5.82 Å². The molecule has 20 heavy (non-hydrogen) atoms. The van der Waals surface area contributed by atoms with E-state index >= 15 is 0 Å². The number of rotatable bonds is 5. The molecule has 5 heteroatoms. The number of nitrogens with zero attached hydrogens (tertiary/aromatic N) is 1. The number of hydrogen-bond acceptors (Lipinski definition) is 2. The number of carbonyl (C=O) groups is 2. The highest BCUT2D eigenvalue weighted by atomic mass is 19.1. The van der Waals surface area contributed by atoms with Crippen LogP contribution in [0.1, 0.15) is 37.2 Å². The van der Waals surface area contributed by atoms with E-state index in [0.717, 1.165) is 25.9 Å². The van der Waals surface area contributed by atoms with Crippen molar-refractivity contribution in [3.05, 3.63) is 35.6 Å². The molecule has 1 fully saturated rings. The monoisotopic (exact) mass is 279 g/mol. The van der Waals surface area contributed by atoms with Gasteiger partial charge in [-0.1, -0.05) is 12.1 Å². The molecule has 108 valence electrons. The summed E-state index contributed by atoms with van der Waals surface area (Å²) in [6.07, 6.45) is 2.06. The summed E-state index contributed by atoms with van der Waals surface area (Å²) >= 11 is 0. The molecular formula is C15H18FNO3. The first-order chi connectivity index (χ1) is 9.56. The zero-order chi connectivity index (χ0) is 14.5. The van der Waals surface area contributed by atoms with Crippen molar-refractivity contribution in [3.8, 4) is 0 Å². The molecule has 1 aliphatic heterocycles. The maximum atomic E-state index is 12.9. The second-order valence-electron chi connectivity index (χ2n) is 5.14. The van der Waals surface area contributed by atoms with Crippen molar-refractivity contribution in [2.75, 3.05) is 13.1 Å². The molecule has 0 aliphatic carbocycles. The molecule has 1 aromatic rings. The minimum absolute atomic E-state index is 0.0157. The molecule has 0 radical (unpaired) electrons. The van der Waals surface area contributed by atoms with Crippen LogP contribution in [0.2, 0.25) is 0 Å². The minimum atomic E-state index is -0.950. The number of benzene rings is 1. The number of likely N-dealkylation sites (tertiary alicyclic amines) is 1. The summed E-state index contributed by atoms with van der Waals surface area (Å²) < 4.78 is 12.9. The van der Waals surface area contributed by atoms with Crippen molar-refractivity contribution in [2.45, 2.75) is 31.6 Å². The number of hydrogen-bond donors (Lipinski definition) is 1. The average Bonchev–Trinajstić information content (AvgIpc) is 2.92. The van der Waals surface area contributed by atoms with E-state index in [1.165, 1.54) is 12.1 Å². The van der Waals surface area contributed by atoms with Crippen molar-refractivity contribution in [1.82, 2.24) is 4.90 Å². The zero-order valence-electron chi connectivity index (χ0n) is 11.2. The summed E-state index contributed by atoms with van der Waals surface area (Å²) in [5.41, 5.74) is 0.696. The number of amides is 1. The summed E-state index contributed by atoms with van der Waals surface area (Å²) in [4.78, 5) is 24.9. The Morgan fingerprint density at radius 2 is 1.75 bits per heavy atom. The van der Waals surface area contributed by atoms with Crippen LogP contribution in [0.15, 0.2) is 24.3 Å². The standard InChI is InChI=1S/C15H18FNO3/c16-13-5-3-11(4-6-13)12(10-15(19)20)9-14(18)17-7-1-2-8-17/h3-6,12H,1-2,7-10H2,(H,19,20)/t12-/m1/s1. The highest BCUT2D eigenvalue weighted by Crippen LogP contribution is 2.25. The molecule has 0 aromatic heterocycles. The van der Waals surface area contributed by atoms with E-state index in [1.54, 1.807) is 17.0 Å². The van der Waals surface area contributed by atoms with Crippen LogP contribution in [0.25, 0.3) is 0 Å². The third-order valence-electron chi connectivity index (χ3n) is 3.64. The maximum Gasteiger partial charge on any atom is 0.303 e. The Kier molecular flexibility index (Phi) is 4.71. The fourth-order valence-corrected chi connectivity index (χ4v) is 2.56. The van der Waals surface area contributed by atoms with Crippen molar-refractivity contribution in [1.29, 1.82) is 0 Å². The van der Waals surface area contributed by atoms with E-state index in [4.69, 9.17) is 5.11 Å². The number of aliphatic carboxylic acids is 1. The van der Waals surface area contributed by atoms with E-state index < -0.39 is 11.9 Å². The third kappa shape index (κ3) is 3.79. The van der Waals surface area contributed by atoms with E-state index in [-0.39, 0.29) is 24.6 Å². The van der Waals surface area contributed by atoms with Crippen LogP contribution in [0, 0.1) is 5.82 Å². The molecule has 0 unspecified atom stereocenters. The van der Waals surface area contributed by atoms with Gasteiger partial charge in [-0.15, -0.1) is 0 Å². The molecule has 0 spiro atoms. The van der Waals surface area contributed by atoms with Crippen LogP contribution in [-0.4, -0.2) is 35.0 Å². The predicted octanol–water partition coefficient (Wildman–Crippen LogP) is 2.40. The van der Waals surface area contributed by atoms with Crippen LogP contribution < -0.4 is 0 Å². The van der Waals surface area contributed by atoms with Gasteiger partial charge in [0.2, 0.25) is 5.91 Å². The first-order valence-corrected chi connectivity index (χ1v) is 6.81. The maximum absolute atomic E-state index is 12.9. The number of carbonyl (C=O) groups excluding carboxylic acids is 1. The molecule has 1 aromatic carbocycles. The Morgan fingerprint density at radius 3 is 2.30 bits per heavy atom. The van der Waals surface area contributed by atoms with Gasteiger partial charge in [0.25, 0.3) is 0 Å². The lowest BCUT2D eigenvalue weighted by molar-refractivity contribution is -0.137. The van der Waals surface area contributed by atoms with Gasteiger partial charge in [0.05, 0.1) is 6.42 Å². The van der Waals surface area contributed by atoms with Gasteiger partial charge in [0.15, 0.2) is 0 Å². The Morgan fingerprint density at radius 1 is 1.15 bits per heavy atom. The van der Waals surface area contributed by atoms with Crippen LogP contribution in [-0.2, 0) is 9.59 Å². The minimum Gasteiger partial charge on any atom is -0.481 e. The highest BCUT2D eigenvalue weighted by Gasteiger charge is 2.24. The van der Waals surface area contributed by atoms with Crippen molar-refractivity contribution in [2.24, 2.45) is 0 Å². The number of halogens is 1. The fourth-order valence-electron chi connectivity index (χ4n) is 2.56. The van der Waals surface area contributed by atoms with Gasteiger partial charge < -0.3 is 10.0 Å². The molecule has 2 rings (SSSR count). The highest BCUT2D eigenvalue weighted by molar-refractivity contribution is 5.78. The third-order valence-corrected chi connectivity index (χ3v) is 3.64. The number of carboxylic acids is 1. The van der Waals surface area contributed by atoms with Crippen molar-refractivity contribution in [3.63, 3.8) is 0 Å². The molecule has 1 aliphatic rings. The molecule has 4 nitrogen and oxygen atoms in total. The Bertz CT molecular complexity index is 480. The Labute approximate surface area is 117 Å². The zero-order valence-corrected chi connectivity index (χ0v) is 11.2. The van der Waals surface area contributed by atoms with Crippen LogP contribution in [0.3, 0.4) is 0 Å². The second kappa shape index (κ2) is 6.50. The van der Waals surface area contributed by atoms with Gasteiger partial charge in [-0.25, -0.2) is 4.39 Å². The van der Waals surface area contributed by atoms with Crippen LogP contribution >= 0.6 is 0 Å². The second-order valence-corrected chi connectivity index (χ2v) is 5.14. The van der Waals surface area contributed by atoms with Crippen molar-refractivity contribution >= 4 is 11.9 Å². The Hall–Kier alpha value is -1.91. The summed E-state index contributed by atoms with van der Waals surface area (Å²) in [7, 11) is 0. The van der Waals surface area contributed by atoms with E-state index in [0.29, 0.717) is 5.56 Å². The molecule has 1 saturated heterocycles. The SMILES string of the molecule is O=C(O)C[C@@H](CC(=O)N1CCCC1)c1ccc(F)cc1. The molecule has 0 bridgehead atoms. The van der Waals surface area contributed by atoms with Crippen LogP contribution in [0.5, 0.6) is 0 Å². The Balaban J connectivity index is 2.08. The van der Waals surface area contributed by atoms with E-state index in [2.05, 4.69) is 0 Å². The lowest BCUT2D eigenvalue weighted by Crippen LogP contribution is -2.29. The smallest absolute Gasteiger partial charge is 0.303 e. The van der Waals surface area contributed by atoms with Gasteiger partial charge in [-0.05, 0) is 30.5 Å². The normalized spacial score (nSPS) is 16.1. The molecular weight excluding hydrogens is 261 g/mol.